The van der Waals surface area contributed by atoms with E-state index in [0.29, 0.717) is 0 Å². The van der Waals surface area contributed by atoms with Crippen molar-refractivity contribution in [2.75, 3.05) is 0 Å². The van der Waals surface area contributed by atoms with Gasteiger partial charge in [0.15, 0.2) is 6.29 Å². The molecule has 2 aromatic rings. The van der Waals surface area contributed by atoms with Crippen LogP contribution in [0.25, 0.3) is 10.1 Å². The second-order valence-corrected chi connectivity index (χ2v) is 5.06. The number of carbonyl (C=O) groups is 1. The Morgan fingerprint density at radius 2 is 2.15 bits per heavy atom. The molecule has 0 aliphatic carbocycles. The molecule has 1 aromatic heterocycles. The number of hydrogen-bond donors (Lipinski definition) is 0. The smallest absolute Gasteiger partial charge is 0.151 e. The third-order valence-electron chi connectivity index (χ3n) is 1.86. The van der Waals surface area contributed by atoms with Crippen molar-refractivity contribution in [1.29, 1.82) is 0 Å². The highest BCUT2D eigenvalue weighted by Gasteiger charge is 2.05. The maximum atomic E-state index is 10.8. The molecular weight excluding hydrogens is 248 g/mol. The molecule has 0 saturated carbocycles. The van der Waals surface area contributed by atoms with Crippen LogP contribution >= 0.6 is 27.3 Å². The number of benzene rings is 1. The fourth-order valence-corrected chi connectivity index (χ4v) is 2.82. The fraction of sp³-hybridized carbons (Fsp3) is 0.100. The Labute approximate surface area is 88.5 Å². The zero-order chi connectivity index (χ0) is 9.42. The Hall–Kier alpha value is -0.670. The molecule has 0 radical (unpaired) electrons. The van der Waals surface area contributed by atoms with Crippen LogP contribution in [0.15, 0.2) is 22.7 Å². The third-order valence-corrected chi connectivity index (χ3v) is 3.43. The molecule has 0 N–H and O–H groups in total. The van der Waals surface area contributed by atoms with E-state index in [4.69, 9.17) is 0 Å². The van der Waals surface area contributed by atoms with E-state index in [0.717, 1.165) is 26.4 Å². The molecule has 2 rings (SSSR count). The van der Waals surface area contributed by atoms with Gasteiger partial charge in [0.05, 0.1) is 0 Å². The van der Waals surface area contributed by atoms with Crippen LogP contribution in [-0.4, -0.2) is 6.29 Å². The van der Waals surface area contributed by atoms with Gasteiger partial charge in [-0.05, 0) is 30.5 Å². The highest BCUT2D eigenvalue weighted by Crippen LogP contribution is 2.30. The summed E-state index contributed by atoms with van der Waals surface area (Å²) in [5.74, 6) is 0. The third kappa shape index (κ3) is 1.54. The van der Waals surface area contributed by atoms with E-state index in [1.807, 2.05) is 19.1 Å². The molecule has 1 aromatic carbocycles. The van der Waals surface area contributed by atoms with E-state index in [1.54, 1.807) is 11.3 Å². The summed E-state index contributed by atoms with van der Waals surface area (Å²) in [6.07, 6.45) is 0.906. The first kappa shape index (κ1) is 8.91. The molecule has 66 valence electrons. The first-order valence-electron chi connectivity index (χ1n) is 3.85. The molecule has 0 aliphatic rings. The lowest BCUT2D eigenvalue weighted by Crippen LogP contribution is -1.78. The van der Waals surface area contributed by atoms with Crippen molar-refractivity contribution >= 4 is 43.6 Å². The molecule has 0 aliphatic heterocycles. The van der Waals surface area contributed by atoms with Crippen LogP contribution in [0.2, 0.25) is 0 Å². The number of hydrogen-bond acceptors (Lipinski definition) is 2. The maximum Gasteiger partial charge on any atom is 0.151 e. The largest absolute Gasteiger partial charge is 0.298 e. The molecule has 3 heteroatoms. The van der Waals surface area contributed by atoms with Crippen molar-refractivity contribution in [1.82, 2.24) is 0 Å². The van der Waals surface area contributed by atoms with Crippen LogP contribution in [0.3, 0.4) is 0 Å². The Bertz CT molecular complexity index is 473. The number of aldehydes is 1. The molecule has 1 nitrogen and oxygen atoms in total. The number of halogens is 1. The van der Waals surface area contributed by atoms with Gasteiger partial charge in [0.1, 0.15) is 0 Å². The number of thiophene rings is 1. The van der Waals surface area contributed by atoms with Crippen molar-refractivity contribution in [2.45, 2.75) is 6.92 Å². The lowest BCUT2D eigenvalue weighted by atomic mass is 10.2. The Balaban J connectivity index is 2.88. The second kappa shape index (κ2) is 3.24. The van der Waals surface area contributed by atoms with Crippen molar-refractivity contribution in [3.63, 3.8) is 0 Å². The first-order valence-corrected chi connectivity index (χ1v) is 5.46. The van der Waals surface area contributed by atoms with Gasteiger partial charge in [-0.15, -0.1) is 11.3 Å². The molecule has 0 atom stereocenters. The van der Waals surface area contributed by atoms with Crippen LogP contribution in [0.1, 0.15) is 15.2 Å². The summed E-state index contributed by atoms with van der Waals surface area (Å²) in [6.45, 7) is 2.05. The maximum absolute atomic E-state index is 10.8. The summed E-state index contributed by atoms with van der Waals surface area (Å²) in [6, 6.07) is 5.98. The van der Waals surface area contributed by atoms with Gasteiger partial charge >= 0.3 is 0 Å². The average Bonchev–Trinajstić information content (AvgIpc) is 2.43. The normalized spacial score (nSPS) is 10.6. The van der Waals surface area contributed by atoms with Gasteiger partial charge in [-0.2, -0.15) is 0 Å². The van der Waals surface area contributed by atoms with E-state index in [9.17, 15) is 4.79 Å². The van der Waals surface area contributed by atoms with E-state index in [2.05, 4.69) is 22.0 Å². The lowest BCUT2D eigenvalue weighted by molar-refractivity contribution is 0.112. The van der Waals surface area contributed by atoms with Gasteiger partial charge in [0, 0.05) is 19.6 Å². The molecule has 0 amide bonds. The van der Waals surface area contributed by atoms with Crippen LogP contribution < -0.4 is 0 Å². The summed E-state index contributed by atoms with van der Waals surface area (Å²) in [4.78, 5) is 12.0. The summed E-state index contributed by atoms with van der Waals surface area (Å²) < 4.78 is 2.04. The quantitative estimate of drug-likeness (QED) is 0.708. The minimum absolute atomic E-state index is 0.766. The van der Waals surface area contributed by atoms with Crippen molar-refractivity contribution in [3.8, 4) is 0 Å². The first-order chi connectivity index (χ1) is 6.20. The molecule has 0 unspecified atom stereocenters. The van der Waals surface area contributed by atoms with Crippen LogP contribution in [-0.2, 0) is 0 Å². The van der Waals surface area contributed by atoms with Crippen LogP contribution in [0.4, 0.5) is 0 Å². The van der Waals surface area contributed by atoms with Gasteiger partial charge in [0.25, 0.3) is 0 Å². The molecule has 0 bridgehead atoms. The zero-order valence-corrected chi connectivity index (χ0v) is 9.41. The molecule has 0 saturated heterocycles. The van der Waals surface area contributed by atoms with E-state index >= 15 is 0 Å². The standard InChI is InChI=1S/C10H7BrOS/c1-6-2-7-3-9(11)4-8(5-12)10(7)13-6/h2-5H,1H3. The predicted octanol–water partition coefficient (Wildman–Crippen LogP) is 3.78. The predicted molar refractivity (Wildman–Crippen MR) is 59.6 cm³/mol. The highest BCUT2D eigenvalue weighted by molar-refractivity contribution is 9.10. The SMILES string of the molecule is Cc1cc2cc(Br)cc(C=O)c2s1. The zero-order valence-electron chi connectivity index (χ0n) is 7.00. The topological polar surface area (TPSA) is 17.1 Å². The van der Waals surface area contributed by atoms with Gasteiger partial charge < -0.3 is 0 Å². The minimum Gasteiger partial charge on any atom is -0.298 e. The summed E-state index contributed by atoms with van der Waals surface area (Å²) in [7, 11) is 0. The molecule has 1 heterocycles. The van der Waals surface area contributed by atoms with Crippen molar-refractivity contribution < 1.29 is 4.79 Å². The Kier molecular flexibility index (Phi) is 2.22. The number of fused-ring (bicyclic) bond motifs is 1. The highest BCUT2D eigenvalue weighted by atomic mass is 79.9. The monoisotopic (exact) mass is 254 g/mol. The number of rotatable bonds is 1. The number of carbonyl (C=O) groups excluding carboxylic acids is 1. The molecule has 0 fully saturated rings. The Morgan fingerprint density at radius 1 is 1.38 bits per heavy atom. The van der Waals surface area contributed by atoms with Crippen LogP contribution in [0, 0.1) is 6.92 Å². The van der Waals surface area contributed by atoms with Crippen LogP contribution in [0.5, 0.6) is 0 Å². The van der Waals surface area contributed by atoms with E-state index in [-0.39, 0.29) is 0 Å². The van der Waals surface area contributed by atoms with E-state index in [1.165, 1.54) is 4.88 Å². The Morgan fingerprint density at radius 3 is 2.85 bits per heavy atom. The van der Waals surface area contributed by atoms with Gasteiger partial charge in [0.2, 0.25) is 0 Å². The van der Waals surface area contributed by atoms with Gasteiger partial charge in [-0.3, -0.25) is 4.79 Å². The fourth-order valence-electron chi connectivity index (χ4n) is 1.36. The molecule has 0 spiro atoms. The second-order valence-electron chi connectivity index (χ2n) is 2.89. The van der Waals surface area contributed by atoms with Gasteiger partial charge in [-0.25, -0.2) is 0 Å². The molecular formula is C10H7BrOS. The molecule has 13 heavy (non-hydrogen) atoms. The van der Waals surface area contributed by atoms with Gasteiger partial charge in [-0.1, -0.05) is 15.9 Å². The minimum atomic E-state index is 0.766. The van der Waals surface area contributed by atoms with E-state index < -0.39 is 0 Å². The van der Waals surface area contributed by atoms with Crippen molar-refractivity contribution in [3.05, 3.63) is 33.1 Å². The number of aryl methyl sites for hydroxylation is 1. The lowest BCUT2D eigenvalue weighted by Gasteiger charge is -1.95. The van der Waals surface area contributed by atoms with Crippen molar-refractivity contribution in [2.24, 2.45) is 0 Å². The average molecular weight is 255 g/mol. The summed E-state index contributed by atoms with van der Waals surface area (Å²) in [5, 5.41) is 1.14. The summed E-state index contributed by atoms with van der Waals surface area (Å²) >= 11 is 5.04. The summed E-state index contributed by atoms with van der Waals surface area (Å²) in [5.41, 5.74) is 0.766.